The second-order valence-electron chi connectivity index (χ2n) is 7.02. The molecule has 2 rings (SSSR count). The Labute approximate surface area is 162 Å². The van der Waals surface area contributed by atoms with Crippen LogP contribution in [0.25, 0.3) is 0 Å². The molecule has 144 valence electrons. The molecule has 2 aromatic carbocycles. The average Bonchev–Trinajstić information content (AvgIpc) is 2.63. The molecule has 0 saturated carbocycles. The molecule has 5 heteroatoms. The van der Waals surface area contributed by atoms with E-state index >= 15 is 0 Å². The largest absolute Gasteiger partial charge is 0.334 e. The van der Waals surface area contributed by atoms with Gasteiger partial charge in [-0.1, -0.05) is 48.5 Å². The van der Waals surface area contributed by atoms with Crippen molar-refractivity contribution in [3.8, 4) is 0 Å². The van der Waals surface area contributed by atoms with Crippen LogP contribution in [-0.2, 0) is 16.1 Å². The number of quaternary nitrogens is 1. The second kappa shape index (κ2) is 9.88. The molecule has 0 radical (unpaired) electrons. The lowest BCUT2D eigenvalue weighted by molar-refractivity contribution is -0.862. The summed E-state index contributed by atoms with van der Waals surface area (Å²) in [5.41, 5.74) is 4.05. The fourth-order valence-electron chi connectivity index (χ4n) is 3.08. The van der Waals surface area contributed by atoms with Crippen molar-refractivity contribution >= 4 is 17.5 Å². The first-order valence-corrected chi connectivity index (χ1v) is 9.39. The number of para-hydroxylation sites is 1. The molecule has 27 heavy (non-hydrogen) atoms. The summed E-state index contributed by atoms with van der Waals surface area (Å²) in [5.74, 6) is -0.0254. The molecule has 2 amide bonds. The van der Waals surface area contributed by atoms with Crippen LogP contribution in [0.3, 0.4) is 0 Å². The minimum Gasteiger partial charge on any atom is -0.334 e. The van der Waals surface area contributed by atoms with Crippen LogP contribution in [0.1, 0.15) is 23.6 Å². The van der Waals surface area contributed by atoms with Crippen LogP contribution in [0.5, 0.6) is 0 Å². The standard InChI is InChI=1S/C22H29N3O2/c1-5-25(14-19-12-7-6-8-13-19)21(27)16-24(4)15-20(26)23-22-17(2)10-9-11-18(22)3/h6-13H,5,14-16H2,1-4H3,(H,23,26)/p+1. The van der Waals surface area contributed by atoms with Gasteiger partial charge in [0.15, 0.2) is 13.1 Å². The van der Waals surface area contributed by atoms with Crippen LogP contribution in [0, 0.1) is 13.8 Å². The Morgan fingerprint density at radius 2 is 1.59 bits per heavy atom. The number of rotatable bonds is 8. The quantitative estimate of drug-likeness (QED) is 0.747. The topological polar surface area (TPSA) is 53.9 Å². The van der Waals surface area contributed by atoms with E-state index < -0.39 is 0 Å². The van der Waals surface area contributed by atoms with Crippen molar-refractivity contribution in [3.63, 3.8) is 0 Å². The van der Waals surface area contributed by atoms with Gasteiger partial charge in [-0.25, -0.2) is 0 Å². The van der Waals surface area contributed by atoms with Crippen LogP contribution < -0.4 is 10.2 Å². The lowest BCUT2D eigenvalue weighted by Gasteiger charge is -2.23. The molecule has 5 nitrogen and oxygen atoms in total. The summed E-state index contributed by atoms with van der Waals surface area (Å²) in [6.07, 6.45) is 0. The molecule has 1 atom stereocenters. The lowest BCUT2D eigenvalue weighted by Crippen LogP contribution is -3.11. The van der Waals surface area contributed by atoms with Gasteiger partial charge in [-0.15, -0.1) is 0 Å². The predicted molar refractivity (Wildman–Crippen MR) is 109 cm³/mol. The smallest absolute Gasteiger partial charge is 0.279 e. The molecule has 0 aromatic heterocycles. The first-order valence-electron chi connectivity index (χ1n) is 9.39. The molecule has 0 aliphatic rings. The molecule has 0 spiro atoms. The summed E-state index contributed by atoms with van der Waals surface area (Å²) in [5, 5.41) is 2.98. The van der Waals surface area contributed by atoms with Gasteiger partial charge in [0.2, 0.25) is 0 Å². The number of likely N-dealkylation sites (N-methyl/N-ethyl adjacent to an activating group) is 2. The van der Waals surface area contributed by atoms with Gasteiger partial charge in [-0.3, -0.25) is 9.59 Å². The average molecular weight is 369 g/mol. The third kappa shape index (κ3) is 6.22. The molecule has 0 saturated heterocycles. The minimum atomic E-state index is -0.0798. The van der Waals surface area contributed by atoms with Crippen molar-refractivity contribution in [3.05, 3.63) is 65.2 Å². The number of hydrogen-bond acceptors (Lipinski definition) is 2. The maximum Gasteiger partial charge on any atom is 0.279 e. The lowest BCUT2D eigenvalue weighted by atomic mass is 10.1. The van der Waals surface area contributed by atoms with E-state index in [0.717, 1.165) is 27.3 Å². The van der Waals surface area contributed by atoms with E-state index in [1.54, 1.807) is 0 Å². The minimum absolute atomic E-state index is 0.0544. The van der Waals surface area contributed by atoms with E-state index in [2.05, 4.69) is 5.32 Å². The molecule has 0 heterocycles. The van der Waals surface area contributed by atoms with E-state index in [0.29, 0.717) is 19.6 Å². The van der Waals surface area contributed by atoms with Gasteiger partial charge >= 0.3 is 0 Å². The Kier molecular flexibility index (Phi) is 7.55. The highest BCUT2D eigenvalue weighted by molar-refractivity contribution is 5.93. The Morgan fingerprint density at radius 1 is 0.963 bits per heavy atom. The zero-order valence-corrected chi connectivity index (χ0v) is 16.7. The molecular weight excluding hydrogens is 338 g/mol. The summed E-state index contributed by atoms with van der Waals surface area (Å²) in [4.78, 5) is 27.7. The summed E-state index contributed by atoms with van der Waals surface area (Å²) in [6.45, 7) is 7.72. The monoisotopic (exact) mass is 368 g/mol. The molecule has 0 aliphatic heterocycles. The summed E-state index contributed by atoms with van der Waals surface area (Å²) >= 11 is 0. The van der Waals surface area contributed by atoms with Gasteiger partial charge in [0.1, 0.15) is 0 Å². The Bertz CT molecular complexity index is 754. The number of anilines is 1. The number of hydrogen-bond donors (Lipinski definition) is 2. The molecule has 0 fully saturated rings. The van der Waals surface area contributed by atoms with E-state index in [1.807, 2.05) is 81.2 Å². The van der Waals surface area contributed by atoms with Gasteiger partial charge in [0, 0.05) is 18.8 Å². The van der Waals surface area contributed by atoms with Crippen LogP contribution in [0.4, 0.5) is 5.69 Å². The number of nitrogens with one attached hydrogen (secondary N) is 2. The van der Waals surface area contributed by atoms with E-state index in [9.17, 15) is 9.59 Å². The van der Waals surface area contributed by atoms with Gasteiger partial charge in [0.25, 0.3) is 11.8 Å². The number of nitrogens with zero attached hydrogens (tertiary/aromatic N) is 1. The zero-order chi connectivity index (χ0) is 19.8. The van der Waals surface area contributed by atoms with Crippen molar-refractivity contribution in [2.24, 2.45) is 0 Å². The van der Waals surface area contributed by atoms with Crippen LogP contribution in [0.15, 0.2) is 48.5 Å². The second-order valence-corrected chi connectivity index (χ2v) is 7.02. The Hall–Kier alpha value is -2.66. The van der Waals surface area contributed by atoms with Gasteiger partial charge in [-0.2, -0.15) is 0 Å². The number of carbonyl (C=O) groups is 2. The zero-order valence-electron chi connectivity index (χ0n) is 16.7. The molecule has 0 aliphatic carbocycles. The van der Waals surface area contributed by atoms with Crippen LogP contribution in [-0.4, -0.2) is 43.4 Å². The summed E-state index contributed by atoms with van der Waals surface area (Å²) in [7, 11) is 1.87. The highest BCUT2D eigenvalue weighted by Crippen LogP contribution is 2.18. The van der Waals surface area contributed by atoms with Crippen LogP contribution >= 0.6 is 0 Å². The Balaban J connectivity index is 1.88. The fraction of sp³-hybridized carbons (Fsp3) is 0.364. The predicted octanol–water partition coefficient (Wildman–Crippen LogP) is 1.81. The highest BCUT2D eigenvalue weighted by Gasteiger charge is 2.19. The summed E-state index contributed by atoms with van der Waals surface area (Å²) in [6, 6.07) is 15.9. The van der Waals surface area contributed by atoms with E-state index in [4.69, 9.17) is 0 Å². The molecule has 2 aromatic rings. The van der Waals surface area contributed by atoms with Crippen molar-refractivity contribution in [2.75, 3.05) is 32.0 Å². The fourth-order valence-corrected chi connectivity index (χ4v) is 3.08. The third-order valence-corrected chi connectivity index (χ3v) is 4.61. The molecular formula is C22H30N3O2+. The van der Waals surface area contributed by atoms with Gasteiger partial charge in [-0.05, 0) is 37.5 Å². The van der Waals surface area contributed by atoms with Crippen molar-refractivity contribution < 1.29 is 14.5 Å². The van der Waals surface area contributed by atoms with E-state index in [-0.39, 0.29) is 18.4 Å². The molecule has 2 N–H and O–H groups in total. The first-order chi connectivity index (χ1) is 12.9. The van der Waals surface area contributed by atoms with Crippen molar-refractivity contribution in [1.29, 1.82) is 0 Å². The molecule has 0 bridgehead atoms. The SMILES string of the molecule is CCN(Cc1ccccc1)C(=O)C[NH+](C)CC(=O)Nc1c(C)cccc1C. The number of aryl methyl sites for hydroxylation is 2. The summed E-state index contributed by atoms with van der Waals surface area (Å²) < 4.78 is 0. The number of amides is 2. The number of carbonyl (C=O) groups excluding carboxylic acids is 2. The Morgan fingerprint density at radius 3 is 2.19 bits per heavy atom. The van der Waals surface area contributed by atoms with Crippen molar-refractivity contribution in [2.45, 2.75) is 27.3 Å². The maximum atomic E-state index is 12.6. The first kappa shape index (κ1) is 20.6. The maximum absolute atomic E-state index is 12.6. The van der Waals surface area contributed by atoms with Gasteiger partial charge in [0.05, 0.1) is 7.05 Å². The van der Waals surface area contributed by atoms with Crippen LogP contribution in [0.2, 0.25) is 0 Å². The molecule has 1 unspecified atom stereocenters. The van der Waals surface area contributed by atoms with E-state index in [1.165, 1.54) is 0 Å². The number of benzene rings is 2. The highest BCUT2D eigenvalue weighted by atomic mass is 16.2. The van der Waals surface area contributed by atoms with Gasteiger partial charge < -0.3 is 15.1 Å². The van der Waals surface area contributed by atoms with Crippen molar-refractivity contribution in [1.82, 2.24) is 4.90 Å². The normalized spacial score (nSPS) is 11.7. The third-order valence-electron chi connectivity index (χ3n) is 4.61.